The van der Waals surface area contributed by atoms with Crippen LogP contribution in [0.1, 0.15) is 36.8 Å². The highest BCUT2D eigenvalue weighted by molar-refractivity contribution is 7.70. The molecule has 0 amide bonds. The van der Waals surface area contributed by atoms with Gasteiger partial charge in [-0.25, -0.2) is 26.9 Å². The summed E-state index contributed by atoms with van der Waals surface area (Å²) in [6.07, 6.45) is 6.72. The smallest absolute Gasteiger partial charge is 0.229 e. The molecule has 0 bridgehead atoms. The lowest BCUT2D eigenvalue weighted by atomic mass is 9.84. The van der Waals surface area contributed by atoms with Crippen LogP contribution in [0, 0.1) is 5.92 Å². The minimum atomic E-state index is -2.65. The number of nitrogens with one attached hydrogen (secondary N) is 3. The van der Waals surface area contributed by atoms with E-state index in [1.165, 1.54) is 6.20 Å². The molecule has 1 fully saturated rings. The maximum absolute atomic E-state index is 13.3. The fourth-order valence-electron chi connectivity index (χ4n) is 5.30. The van der Waals surface area contributed by atoms with E-state index < -0.39 is 30.3 Å². The van der Waals surface area contributed by atoms with E-state index in [0.29, 0.717) is 60.7 Å². The zero-order valence-corrected chi connectivity index (χ0v) is 23.0. The van der Waals surface area contributed by atoms with Crippen molar-refractivity contribution in [2.75, 3.05) is 50.7 Å². The van der Waals surface area contributed by atoms with Gasteiger partial charge in [-0.1, -0.05) is 24.4 Å². The molecule has 2 heterocycles. The molecule has 9 nitrogen and oxygen atoms in total. The lowest BCUT2D eigenvalue weighted by molar-refractivity contribution is 0.144. The predicted molar refractivity (Wildman–Crippen MR) is 146 cm³/mol. The van der Waals surface area contributed by atoms with Crippen molar-refractivity contribution in [3.05, 3.63) is 34.5 Å². The molecule has 1 aromatic carbocycles. The highest BCUT2D eigenvalue weighted by Gasteiger charge is 2.27. The van der Waals surface area contributed by atoms with E-state index in [0.717, 1.165) is 36.8 Å². The number of rotatable bonds is 11. The normalized spacial score (nSPS) is 20.3. The van der Waals surface area contributed by atoms with Gasteiger partial charge in [-0.3, -0.25) is 4.90 Å². The third-order valence-corrected chi connectivity index (χ3v) is 8.15. The van der Waals surface area contributed by atoms with Crippen LogP contribution in [-0.2, 0) is 23.7 Å². The van der Waals surface area contributed by atoms with Crippen molar-refractivity contribution in [3.63, 3.8) is 0 Å². The third-order valence-electron chi connectivity index (χ3n) is 7.44. The molecule has 13 heteroatoms. The molecule has 4 rings (SSSR count). The van der Waals surface area contributed by atoms with Crippen LogP contribution in [0.3, 0.4) is 0 Å². The van der Waals surface area contributed by atoms with Gasteiger partial charge in [0.05, 0.1) is 25.0 Å². The lowest BCUT2D eigenvalue weighted by Gasteiger charge is -2.32. The Morgan fingerprint density at radius 3 is 2.55 bits per heavy atom. The van der Waals surface area contributed by atoms with E-state index in [2.05, 4.69) is 25.3 Å². The largest absolute Gasteiger partial charge is 0.495 e. The first kappa shape index (κ1) is 28.7. The molecular formula is C25H35ClF2N6O3S. The predicted octanol–water partition coefficient (Wildman–Crippen LogP) is 3.68. The average molecular weight is 573 g/mol. The highest BCUT2D eigenvalue weighted by atomic mass is 35.5. The molecule has 2 aliphatic rings. The van der Waals surface area contributed by atoms with Crippen LogP contribution in [0.5, 0.6) is 5.75 Å². The van der Waals surface area contributed by atoms with E-state index in [1.54, 1.807) is 7.11 Å². The Morgan fingerprint density at radius 1 is 1.16 bits per heavy atom. The van der Waals surface area contributed by atoms with Crippen LogP contribution in [0.4, 0.5) is 26.2 Å². The zero-order valence-electron chi connectivity index (χ0n) is 21.4. The Labute approximate surface area is 228 Å². The molecule has 210 valence electrons. The van der Waals surface area contributed by atoms with Crippen LogP contribution >= 0.6 is 11.6 Å². The second-order valence-corrected chi connectivity index (χ2v) is 11.0. The van der Waals surface area contributed by atoms with Crippen molar-refractivity contribution in [2.45, 2.75) is 50.6 Å². The molecule has 0 unspecified atom stereocenters. The molecule has 0 spiro atoms. The number of aromatic nitrogens is 2. The minimum Gasteiger partial charge on any atom is -0.495 e. The fraction of sp³-hybridized carbons (Fsp3) is 0.600. The number of alkyl halides is 2. The number of thiol groups is 1. The van der Waals surface area contributed by atoms with Crippen molar-refractivity contribution < 1.29 is 21.9 Å². The molecule has 3 N–H and O–H groups in total. The Kier molecular flexibility index (Phi) is 10.3. The van der Waals surface area contributed by atoms with Crippen LogP contribution in [0.25, 0.3) is 0 Å². The van der Waals surface area contributed by atoms with Crippen LogP contribution in [-0.4, -0.2) is 75.5 Å². The molecule has 0 saturated heterocycles. The number of methoxy groups -OCH3 is 1. The summed E-state index contributed by atoms with van der Waals surface area (Å²) in [6, 6.07) is 3.25. The average Bonchev–Trinajstić information content (AvgIpc) is 3.12. The number of hydrogen-bond acceptors (Lipinski definition) is 8. The second kappa shape index (κ2) is 13.7. The standard InChI is InChI=1S/C25H35ClF2N6O3S/c1-37-23-11-17-7-9-34(19(12-27)13-28)8-6-16(17)10-22(23)32-25-29-15-20(26)24(33-25)31-21-5-3-2-4-18(21)14-30-38(35)36/h10-11,15,18-19,21,38H,2-9,12-14H2,1H3,(H,30,35,36)(H2,29,31,32,33)/t18-,21-/m1/s1. The molecule has 2 atom stereocenters. The summed E-state index contributed by atoms with van der Waals surface area (Å²) in [7, 11) is -1.07. The van der Waals surface area contributed by atoms with Crippen LogP contribution in [0.15, 0.2) is 18.3 Å². The molecule has 38 heavy (non-hydrogen) atoms. The van der Waals surface area contributed by atoms with Gasteiger partial charge in [0, 0.05) is 25.7 Å². The Morgan fingerprint density at radius 2 is 1.87 bits per heavy atom. The molecule has 1 saturated carbocycles. The summed E-state index contributed by atoms with van der Waals surface area (Å²) in [5.41, 5.74) is 2.84. The van der Waals surface area contributed by atoms with Gasteiger partial charge in [0.2, 0.25) is 16.8 Å². The number of halogens is 3. The quantitative estimate of drug-likeness (QED) is 0.302. The Bertz CT molecular complexity index is 1160. The van der Waals surface area contributed by atoms with E-state index in [4.69, 9.17) is 16.3 Å². The molecule has 1 aromatic heterocycles. The van der Waals surface area contributed by atoms with Gasteiger partial charge in [-0.15, -0.1) is 0 Å². The van der Waals surface area contributed by atoms with Gasteiger partial charge in [0.1, 0.15) is 24.1 Å². The summed E-state index contributed by atoms with van der Waals surface area (Å²) in [6.45, 7) is 0.111. The van der Waals surface area contributed by atoms with E-state index in [9.17, 15) is 17.2 Å². The lowest BCUT2D eigenvalue weighted by Crippen LogP contribution is -2.40. The SMILES string of the molecule is COc1cc2c(cc1Nc1ncc(Cl)c(N[C@@H]3CCCC[C@@H]3CN[SH](=O)=O)n1)CCN(C(CF)CF)CC2. The van der Waals surface area contributed by atoms with Crippen molar-refractivity contribution >= 4 is 39.9 Å². The summed E-state index contributed by atoms with van der Waals surface area (Å²) in [4.78, 5) is 10.8. The summed E-state index contributed by atoms with van der Waals surface area (Å²) >= 11 is 6.42. The first-order valence-electron chi connectivity index (χ1n) is 12.9. The molecule has 1 aliphatic carbocycles. The number of hydrogen-bond donors (Lipinski definition) is 4. The van der Waals surface area contributed by atoms with Crippen molar-refractivity contribution in [1.29, 1.82) is 0 Å². The maximum Gasteiger partial charge on any atom is 0.229 e. The number of anilines is 3. The number of benzene rings is 1. The van der Waals surface area contributed by atoms with E-state index in [1.807, 2.05) is 17.0 Å². The molecule has 1 aliphatic heterocycles. The second-order valence-electron chi connectivity index (χ2n) is 9.75. The first-order valence-corrected chi connectivity index (χ1v) is 14.5. The fourth-order valence-corrected chi connectivity index (χ4v) is 5.83. The van der Waals surface area contributed by atoms with Gasteiger partial charge in [0.15, 0.2) is 5.82 Å². The zero-order chi connectivity index (χ0) is 27.1. The van der Waals surface area contributed by atoms with Crippen molar-refractivity contribution in [3.8, 4) is 5.75 Å². The Balaban J connectivity index is 1.51. The molecule has 2 aromatic rings. The van der Waals surface area contributed by atoms with Gasteiger partial charge in [-0.05, 0) is 54.9 Å². The summed E-state index contributed by atoms with van der Waals surface area (Å²) in [5, 5.41) is 7.01. The van der Waals surface area contributed by atoms with E-state index in [-0.39, 0.29) is 12.0 Å². The van der Waals surface area contributed by atoms with Crippen LogP contribution in [0.2, 0.25) is 5.02 Å². The topological polar surface area (TPSA) is 108 Å². The number of nitrogens with zero attached hydrogens (tertiary/aromatic N) is 3. The minimum absolute atomic E-state index is 0.0221. The third kappa shape index (κ3) is 7.22. The van der Waals surface area contributed by atoms with Gasteiger partial charge in [0.25, 0.3) is 0 Å². The summed E-state index contributed by atoms with van der Waals surface area (Å²) < 4.78 is 56.7. The highest BCUT2D eigenvalue weighted by Crippen LogP contribution is 2.34. The van der Waals surface area contributed by atoms with E-state index >= 15 is 0 Å². The molecule has 0 radical (unpaired) electrons. The molecular weight excluding hydrogens is 538 g/mol. The van der Waals surface area contributed by atoms with Gasteiger partial charge < -0.3 is 15.4 Å². The monoisotopic (exact) mass is 572 g/mol. The van der Waals surface area contributed by atoms with Gasteiger partial charge >= 0.3 is 0 Å². The number of fused-ring (bicyclic) bond motifs is 1. The maximum atomic E-state index is 13.3. The number of ether oxygens (including phenoxy) is 1. The first-order chi connectivity index (χ1) is 18.4. The Hall–Kier alpha value is -2.28. The van der Waals surface area contributed by atoms with Gasteiger partial charge in [-0.2, -0.15) is 4.98 Å². The summed E-state index contributed by atoms with van der Waals surface area (Å²) in [5.74, 6) is 1.54. The van der Waals surface area contributed by atoms with Crippen molar-refractivity contribution in [1.82, 2.24) is 19.6 Å². The van der Waals surface area contributed by atoms with Crippen LogP contribution < -0.4 is 20.1 Å². The van der Waals surface area contributed by atoms with Crippen molar-refractivity contribution in [2.24, 2.45) is 5.92 Å².